The molecule has 8 heteroatoms. The van der Waals surface area contributed by atoms with Crippen LogP contribution in [0, 0.1) is 0 Å². The molecule has 1 aliphatic heterocycles. The molecular formula is C17H29IN4O2S. The van der Waals surface area contributed by atoms with Crippen LogP contribution in [0.3, 0.4) is 0 Å². The summed E-state index contributed by atoms with van der Waals surface area (Å²) in [6, 6.07) is 8.33. The van der Waals surface area contributed by atoms with E-state index in [0.717, 1.165) is 18.7 Å². The van der Waals surface area contributed by atoms with Crippen molar-refractivity contribution in [2.24, 2.45) is 4.99 Å². The fourth-order valence-electron chi connectivity index (χ4n) is 2.78. The topological polar surface area (TPSA) is 73.8 Å². The SMILES string of the molecule is CCNC(=NCc1cccc(CN(C)C)c1)NC1CCS(=O)(=O)C1.I. The van der Waals surface area contributed by atoms with E-state index in [-0.39, 0.29) is 41.5 Å². The predicted molar refractivity (Wildman–Crippen MR) is 114 cm³/mol. The lowest BCUT2D eigenvalue weighted by Crippen LogP contribution is -2.44. The van der Waals surface area contributed by atoms with E-state index in [0.29, 0.717) is 18.9 Å². The van der Waals surface area contributed by atoms with Gasteiger partial charge in [0.05, 0.1) is 18.1 Å². The summed E-state index contributed by atoms with van der Waals surface area (Å²) >= 11 is 0. The summed E-state index contributed by atoms with van der Waals surface area (Å²) in [7, 11) is 1.21. The standard InChI is InChI=1S/C17H28N4O2S.HI/c1-4-18-17(20-16-8-9-24(22,23)13-16)19-11-14-6-5-7-15(10-14)12-21(2)3;/h5-7,10,16H,4,8-9,11-13H2,1-3H3,(H2,18,19,20);1H. The van der Waals surface area contributed by atoms with Crippen molar-refractivity contribution in [2.75, 3.05) is 32.1 Å². The van der Waals surface area contributed by atoms with Gasteiger partial charge in [-0.1, -0.05) is 24.3 Å². The Kier molecular flexibility index (Phi) is 9.15. The number of aliphatic imine (C=N–C) groups is 1. The Bertz CT molecular complexity index is 677. The van der Waals surface area contributed by atoms with E-state index in [1.807, 2.05) is 27.1 Å². The molecule has 1 aliphatic rings. The van der Waals surface area contributed by atoms with Crippen LogP contribution in [0.25, 0.3) is 0 Å². The fourth-order valence-corrected chi connectivity index (χ4v) is 4.46. The molecule has 25 heavy (non-hydrogen) atoms. The van der Waals surface area contributed by atoms with E-state index in [1.54, 1.807) is 0 Å². The van der Waals surface area contributed by atoms with Gasteiger partial charge in [-0.25, -0.2) is 13.4 Å². The van der Waals surface area contributed by atoms with Crippen LogP contribution in [0.4, 0.5) is 0 Å². The lowest BCUT2D eigenvalue weighted by Gasteiger charge is -2.16. The number of halogens is 1. The molecule has 2 N–H and O–H groups in total. The van der Waals surface area contributed by atoms with Gasteiger partial charge in [0, 0.05) is 19.1 Å². The minimum atomic E-state index is -2.89. The Morgan fingerprint density at radius 1 is 1.32 bits per heavy atom. The number of guanidine groups is 1. The molecule has 6 nitrogen and oxygen atoms in total. The van der Waals surface area contributed by atoms with Crippen LogP contribution in [-0.2, 0) is 22.9 Å². The third kappa shape index (κ3) is 7.91. The van der Waals surface area contributed by atoms with Crippen LogP contribution in [-0.4, -0.2) is 57.5 Å². The second kappa shape index (κ2) is 10.3. The van der Waals surface area contributed by atoms with E-state index in [1.165, 1.54) is 5.56 Å². The molecular weight excluding hydrogens is 451 g/mol. The Morgan fingerprint density at radius 3 is 2.64 bits per heavy atom. The average molecular weight is 480 g/mol. The molecule has 0 radical (unpaired) electrons. The Balaban J connectivity index is 0.00000312. The molecule has 1 fully saturated rings. The number of nitrogens with one attached hydrogen (secondary N) is 2. The Morgan fingerprint density at radius 2 is 2.04 bits per heavy atom. The van der Waals surface area contributed by atoms with Crippen molar-refractivity contribution in [3.05, 3.63) is 35.4 Å². The van der Waals surface area contributed by atoms with Crippen LogP contribution >= 0.6 is 24.0 Å². The van der Waals surface area contributed by atoms with Crippen LogP contribution in [0.5, 0.6) is 0 Å². The highest BCUT2D eigenvalue weighted by Gasteiger charge is 2.28. The Hall–Kier alpha value is -0.870. The Labute approximate surface area is 168 Å². The molecule has 2 rings (SSSR count). The van der Waals surface area contributed by atoms with Gasteiger partial charge in [0.15, 0.2) is 15.8 Å². The molecule has 0 aromatic heterocycles. The maximum absolute atomic E-state index is 11.6. The second-order valence-corrected chi connectivity index (χ2v) is 8.73. The monoisotopic (exact) mass is 480 g/mol. The summed E-state index contributed by atoms with van der Waals surface area (Å²) in [6.07, 6.45) is 0.644. The van der Waals surface area contributed by atoms with Gasteiger partial charge in [-0.3, -0.25) is 0 Å². The van der Waals surface area contributed by atoms with Crippen molar-refractivity contribution < 1.29 is 8.42 Å². The highest BCUT2D eigenvalue weighted by Crippen LogP contribution is 2.11. The number of sulfone groups is 1. The zero-order valence-corrected chi connectivity index (χ0v) is 18.3. The maximum atomic E-state index is 11.6. The van der Waals surface area contributed by atoms with E-state index < -0.39 is 9.84 Å². The number of hydrogen-bond acceptors (Lipinski definition) is 4. The molecule has 1 heterocycles. The number of rotatable bonds is 6. The minimum absolute atomic E-state index is 0. The van der Waals surface area contributed by atoms with Crippen molar-refractivity contribution in [2.45, 2.75) is 32.5 Å². The third-order valence-electron chi connectivity index (χ3n) is 3.83. The molecule has 0 bridgehead atoms. The van der Waals surface area contributed by atoms with E-state index in [9.17, 15) is 8.42 Å². The smallest absolute Gasteiger partial charge is 0.191 e. The lowest BCUT2D eigenvalue weighted by atomic mass is 10.1. The van der Waals surface area contributed by atoms with Gasteiger partial charge in [0.2, 0.25) is 0 Å². The number of nitrogens with zero attached hydrogens (tertiary/aromatic N) is 2. The molecule has 0 amide bonds. The summed E-state index contributed by atoms with van der Waals surface area (Å²) in [5, 5.41) is 6.43. The van der Waals surface area contributed by atoms with Gasteiger partial charge in [-0.15, -0.1) is 24.0 Å². The first-order valence-corrected chi connectivity index (χ1v) is 10.2. The zero-order chi connectivity index (χ0) is 17.6. The molecule has 0 saturated carbocycles. The molecule has 1 saturated heterocycles. The zero-order valence-electron chi connectivity index (χ0n) is 15.2. The van der Waals surface area contributed by atoms with Crippen molar-refractivity contribution in [1.82, 2.24) is 15.5 Å². The number of benzene rings is 1. The fraction of sp³-hybridized carbons (Fsp3) is 0.588. The lowest BCUT2D eigenvalue weighted by molar-refractivity contribution is 0.402. The quantitative estimate of drug-likeness (QED) is 0.368. The highest BCUT2D eigenvalue weighted by atomic mass is 127. The largest absolute Gasteiger partial charge is 0.357 e. The summed E-state index contributed by atoms with van der Waals surface area (Å²) in [5.41, 5.74) is 2.40. The molecule has 1 atom stereocenters. The molecule has 1 aromatic carbocycles. The minimum Gasteiger partial charge on any atom is -0.357 e. The van der Waals surface area contributed by atoms with E-state index in [2.05, 4.69) is 38.7 Å². The van der Waals surface area contributed by atoms with Crippen LogP contribution in [0.1, 0.15) is 24.5 Å². The second-order valence-electron chi connectivity index (χ2n) is 6.50. The van der Waals surface area contributed by atoms with Crippen molar-refractivity contribution in [3.63, 3.8) is 0 Å². The summed E-state index contributed by atoms with van der Waals surface area (Å²) in [4.78, 5) is 6.73. The van der Waals surface area contributed by atoms with Crippen molar-refractivity contribution in [3.8, 4) is 0 Å². The molecule has 1 unspecified atom stereocenters. The average Bonchev–Trinajstić information content (AvgIpc) is 2.84. The normalized spacial score (nSPS) is 19.5. The van der Waals surface area contributed by atoms with Crippen LogP contribution in [0.2, 0.25) is 0 Å². The van der Waals surface area contributed by atoms with Crippen LogP contribution in [0.15, 0.2) is 29.3 Å². The van der Waals surface area contributed by atoms with Crippen LogP contribution < -0.4 is 10.6 Å². The van der Waals surface area contributed by atoms with Crippen molar-refractivity contribution >= 4 is 39.8 Å². The summed E-state index contributed by atoms with van der Waals surface area (Å²) in [5.74, 6) is 1.13. The van der Waals surface area contributed by atoms with Gasteiger partial charge in [-0.2, -0.15) is 0 Å². The predicted octanol–water partition coefficient (Wildman–Crippen LogP) is 1.61. The first-order chi connectivity index (χ1) is 11.4. The number of hydrogen-bond donors (Lipinski definition) is 2. The summed E-state index contributed by atoms with van der Waals surface area (Å²) < 4.78 is 23.2. The van der Waals surface area contributed by atoms with Crippen molar-refractivity contribution in [1.29, 1.82) is 0 Å². The van der Waals surface area contributed by atoms with Gasteiger partial charge >= 0.3 is 0 Å². The first-order valence-electron chi connectivity index (χ1n) is 8.36. The summed E-state index contributed by atoms with van der Waals surface area (Å²) in [6.45, 7) is 4.21. The molecule has 0 aliphatic carbocycles. The van der Waals surface area contributed by atoms with Gasteiger partial charge in [0.1, 0.15) is 0 Å². The first kappa shape index (κ1) is 22.2. The molecule has 142 valence electrons. The van der Waals surface area contributed by atoms with Gasteiger partial charge in [0.25, 0.3) is 0 Å². The molecule has 1 aromatic rings. The van der Waals surface area contributed by atoms with Gasteiger partial charge in [-0.05, 0) is 38.6 Å². The van der Waals surface area contributed by atoms with E-state index in [4.69, 9.17) is 0 Å². The third-order valence-corrected chi connectivity index (χ3v) is 5.60. The maximum Gasteiger partial charge on any atom is 0.191 e. The van der Waals surface area contributed by atoms with Gasteiger partial charge < -0.3 is 15.5 Å². The highest BCUT2D eigenvalue weighted by molar-refractivity contribution is 14.0. The van der Waals surface area contributed by atoms with E-state index >= 15 is 0 Å². The molecule has 0 spiro atoms.